The number of carbonyl (C=O) groups is 1. The number of halogens is 1. The van der Waals surface area contributed by atoms with Gasteiger partial charge in [-0.15, -0.1) is 11.3 Å². The molecule has 3 rings (SSSR count). The number of benzene rings is 1. The van der Waals surface area contributed by atoms with Crippen molar-refractivity contribution in [2.75, 3.05) is 31.6 Å². The molecular weight excluding hydrogens is 374 g/mol. The number of sulfonamides is 1. The molecule has 1 aromatic heterocycles. The van der Waals surface area contributed by atoms with Crippen molar-refractivity contribution >= 4 is 44.6 Å². The SMILES string of the molecule is O=C(Nc1cc(S(=O)(=O)N2CCOCC2)ccc1Cl)c1cscn1. The number of nitrogens with one attached hydrogen (secondary N) is 1. The molecule has 0 saturated carbocycles. The molecule has 1 aliphatic heterocycles. The minimum Gasteiger partial charge on any atom is -0.379 e. The maximum Gasteiger partial charge on any atom is 0.275 e. The molecule has 0 aliphatic carbocycles. The zero-order valence-corrected chi connectivity index (χ0v) is 14.8. The summed E-state index contributed by atoms with van der Waals surface area (Å²) in [5.74, 6) is -0.445. The van der Waals surface area contributed by atoms with E-state index >= 15 is 0 Å². The molecule has 1 aliphatic rings. The summed E-state index contributed by atoms with van der Waals surface area (Å²) in [7, 11) is -3.66. The highest BCUT2D eigenvalue weighted by atomic mass is 35.5. The molecule has 0 spiro atoms. The van der Waals surface area contributed by atoms with E-state index in [9.17, 15) is 13.2 Å². The topological polar surface area (TPSA) is 88.6 Å². The van der Waals surface area contributed by atoms with Crippen molar-refractivity contribution in [2.24, 2.45) is 0 Å². The minimum absolute atomic E-state index is 0.0716. The Morgan fingerprint density at radius 3 is 2.75 bits per heavy atom. The summed E-state index contributed by atoms with van der Waals surface area (Å²) in [5, 5.41) is 4.44. The zero-order valence-electron chi connectivity index (χ0n) is 12.4. The Labute approximate surface area is 148 Å². The van der Waals surface area contributed by atoms with Crippen LogP contribution in [0.4, 0.5) is 5.69 Å². The van der Waals surface area contributed by atoms with E-state index < -0.39 is 15.9 Å². The smallest absolute Gasteiger partial charge is 0.275 e. The fourth-order valence-electron chi connectivity index (χ4n) is 2.21. The van der Waals surface area contributed by atoms with Crippen molar-refractivity contribution in [3.63, 3.8) is 0 Å². The van der Waals surface area contributed by atoms with Crippen LogP contribution in [0.15, 0.2) is 34.0 Å². The molecular formula is C14H14ClN3O4S2. The molecule has 0 bridgehead atoms. The second-order valence-electron chi connectivity index (χ2n) is 4.99. The van der Waals surface area contributed by atoms with E-state index in [4.69, 9.17) is 16.3 Å². The van der Waals surface area contributed by atoms with Crippen LogP contribution in [0.2, 0.25) is 5.02 Å². The van der Waals surface area contributed by atoms with Crippen LogP contribution in [-0.4, -0.2) is 49.9 Å². The number of carbonyl (C=O) groups excluding carboxylic acids is 1. The van der Waals surface area contributed by atoms with Crippen LogP contribution in [-0.2, 0) is 14.8 Å². The molecule has 1 amide bonds. The summed E-state index contributed by atoms with van der Waals surface area (Å²) in [6.07, 6.45) is 0. The van der Waals surface area contributed by atoms with Crippen LogP contribution in [0.3, 0.4) is 0 Å². The average molecular weight is 388 g/mol. The van der Waals surface area contributed by atoms with E-state index in [1.54, 1.807) is 5.38 Å². The molecule has 7 nitrogen and oxygen atoms in total. The van der Waals surface area contributed by atoms with Crippen LogP contribution < -0.4 is 5.32 Å². The molecule has 2 heterocycles. The van der Waals surface area contributed by atoms with Gasteiger partial charge >= 0.3 is 0 Å². The molecule has 0 radical (unpaired) electrons. The summed E-state index contributed by atoms with van der Waals surface area (Å²) in [4.78, 5) is 16.1. The number of anilines is 1. The van der Waals surface area contributed by atoms with Crippen molar-refractivity contribution in [1.82, 2.24) is 9.29 Å². The molecule has 1 saturated heterocycles. The monoisotopic (exact) mass is 387 g/mol. The molecule has 1 fully saturated rings. The van der Waals surface area contributed by atoms with Gasteiger partial charge in [0.1, 0.15) is 5.69 Å². The van der Waals surface area contributed by atoms with Gasteiger partial charge in [-0.25, -0.2) is 13.4 Å². The van der Waals surface area contributed by atoms with Gasteiger partial charge in [-0.3, -0.25) is 4.79 Å². The molecule has 1 aromatic carbocycles. The quantitative estimate of drug-likeness (QED) is 0.867. The number of hydrogen-bond acceptors (Lipinski definition) is 6. The number of thiazole rings is 1. The largest absolute Gasteiger partial charge is 0.379 e. The van der Waals surface area contributed by atoms with Crippen LogP contribution in [0.25, 0.3) is 0 Å². The number of rotatable bonds is 4. The third-order valence-corrected chi connectivity index (χ3v) is 6.27. The van der Waals surface area contributed by atoms with Gasteiger partial charge < -0.3 is 10.1 Å². The summed E-state index contributed by atoms with van der Waals surface area (Å²) >= 11 is 7.37. The first-order valence-corrected chi connectivity index (χ1v) is 9.81. The molecule has 2 aromatic rings. The Morgan fingerprint density at radius 1 is 1.33 bits per heavy atom. The summed E-state index contributed by atoms with van der Waals surface area (Å²) in [6, 6.07) is 4.23. The predicted octanol–water partition coefficient (Wildman–Crippen LogP) is 2.07. The van der Waals surface area contributed by atoms with Gasteiger partial charge in [0, 0.05) is 18.5 Å². The third-order valence-electron chi connectivity index (χ3n) is 3.46. The highest BCUT2D eigenvalue weighted by Crippen LogP contribution is 2.27. The standard InChI is InChI=1S/C14H14ClN3O4S2/c15-11-2-1-10(24(20,21)18-3-5-22-6-4-18)7-12(11)17-14(19)13-8-23-9-16-13/h1-2,7-9H,3-6H2,(H,17,19). The van der Waals surface area contributed by atoms with Gasteiger partial charge in [-0.2, -0.15) is 4.31 Å². The Hall–Kier alpha value is -1.52. The van der Waals surface area contributed by atoms with E-state index in [1.807, 2.05) is 0 Å². The lowest BCUT2D eigenvalue weighted by atomic mass is 10.3. The van der Waals surface area contributed by atoms with Crippen molar-refractivity contribution in [2.45, 2.75) is 4.90 Å². The summed E-state index contributed by atoms with van der Waals surface area (Å²) < 4.78 is 31.9. The van der Waals surface area contributed by atoms with E-state index in [0.717, 1.165) is 0 Å². The Balaban J connectivity index is 1.87. The molecule has 24 heavy (non-hydrogen) atoms. The highest BCUT2D eigenvalue weighted by molar-refractivity contribution is 7.89. The van der Waals surface area contributed by atoms with Gasteiger partial charge in [0.2, 0.25) is 10.0 Å². The first-order chi connectivity index (χ1) is 11.5. The molecule has 10 heteroatoms. The number of morpholine rings is 1. The van der Waals surface area contributed by atoms with E-state index in [-0.39, 0.29) is 21.3 Å². The lowest BCUT2D eigenvalue weighted by molar-refractivity contribution is 0.0730. The van der Waals surface area contributed by atoms with Crippen molar-refractivity contribution in [3.05, 3.63) is 39.8 Å². The van der Waals surface area contributed by atoms with Crippen LogP contribution >= 0.6 is 22.9 Å². The van der Waals surface area contributed by atoms with Gasteiger partial charge in [-0.1, -0.05) is 11.6 Å². The second-order valence-corrected chi connectivity index (χ2v) is 8.05. The van der Waals surface area contributed by atoms with Crippen molar-refractivity contribution in [1.29, 1.82) is 0 Å². The highest BCUT2D eigenvalue weighted by Gasteiger charge is 2.27. The van der Waals surface area contributed by atoms with Gasteiger partial charge in [0.05, 0.1) is 34.3 Å². The Kier molecular flexibility index (Phi) is 5.16. The predicted molar refractivity (Wildman–Crippen MR) is 91.1 cm³/mol. The zero-order chi connectivity index (χ0) is 17.2. The van der Waals surface area contributed by atoms with Gasteiger partial charge in [-0.05, 0) is 18.2 Å². The number of ether oxygens (including phenoxy) is 1. The lowest BCUT2D eigenvalue weighted by Crippen LogP contribution is -2.40. The maximum absolute atomic E-state index is 12.7. The van der Waals surface area contributed by atoms with E-state index in [1.165, 1.54) is 39.4 Å². The molecule has 0 unspecified atom stereocenters. The molecule has 0 atom stereocenters. The average Bonchev–Trinajstić information content (AvgIpc) is 3.12. The fraction of sp³-hybridized carbons (Fsp3) is 0.286. The normalized spacial score (nSPS) is 16.0. The summed E-state index contributed by atoms with van der Waals surface area (Å²) in [5.41, 5.74) is 2.01. The van der Waals surface area contributed by atoms with Crippen LogP contribution in [0.5, 0.6) is 0 Å². The van der Waals surface area contributed by atoms with Crippen molar-refractivity contribution < 1.29 is 17.9 Å². The lowest BCUT2D eigenvalue weighted by Gasteiger charge is -2.26. The number of nitrogens with zero attached hydrogens (tertiary/aromatic N) is 2. The van der Waals surface area contributed by atoms with Crippen molar-refractivity contribution in [3.8, 4) is 0 Å². The maximum atomic E-state index is 12.7. The fourth-order valence-corrected chi connectivity index (χ4v) is 4.34. The minimum atomic E-state index is -3.66. The van der Waals surface area contributed by atoms with Gasteiger partial charge in [0.15, 0.2) is 0 Å². The first-order valence-electron chi connectivity index (χ1n) is 7.05. The molecule has 128 valence electrons. The Morgan fingerprint density at radius 2 is 2.08 bits per heavy atom. The number of hydrogen-bond donors (Lipinski definition) is 1. The Bertz CT molecular complexity index is 834. The van der Waals surface area contributed by atoms with E-state index in [2.05, 4.69) is 10.3 Å². The van der Waals surface area contributed by atoms with Gasteiger partial charge in [0.25, 0.3) is 5.91 Å². The van der Waals surface area contributed by atoms with E-state index in [0.29, 0.717) is 26.3 Å². The molecule has 1 N–H and O–H groups in total. The second kappa shape index (κ2) is 7.16. The number of amides is 1. The van der Waals surface area contributed by atoms with Crippen LogP contribution in [0.1, 0.15) is 10.5 Å². The first kappa shape index (κ1) is 17.3. The number of aromatic nitrogens is 1. The summed E-state index contributed by atoms with van der Waals surface area (Å²) in [6.45, 7) is 1.32. The third kappa shape index (κ3) is 3.60. The van der Waals surface area contributed by atoms with Crippen LogP contribution in [0, 0.1) is 0 Å².